The minimum absolute atomic E-state index is 0.119. The summed E-state index contributed by atoms with van der Waals surface area (Å²) in [7, 11) is 0. The van der Waals surface area contributed by atoms with Crippen molar-refractivity contribution < 1.29 is 4.74 Å². The van der Waals surface area contributed by atoms with Gasteiger partial charge in [-0.25, -0.2) is 0 Å². The van der Waals surface area contributed by atoms with Crippen molar-refractivity contribution in [3.8, 4) is 11.5 Å². The first-order valence-electron chi connectivity index (χ1n) is 14.2. The van der Waals surface area contributed by atoms with Crippen LogP contribution in [0, 0.1) is 41.5 Å². The molecule has 5 aromatic carbocycles. The molecule has 0 saturated heterocycles. The maximum Gasteiger partial charge on any atom is 0.251 e. The van der Waals surface area contributed by atoms with Gasteiger partial charge in [-0.15, -0.1) is 0 Å². The Hall–Kier alpha value is -3.62. The van der Waals surface area contributed by atoms with Crippen LogP contribution in [-0.4, -0.2) is 13.4 Å². The second-order valence-corrected chi connectivity index (χ2v) is 12.8. The van der Waals surface area contributed by atoms with Crippen LogP contribution in [-0.2, 0) is 0 Å². The van der Waals surface area contributed by atoms with Gasteiger partial charge in [-0.1, -0.05) is 134 Å². The topological polar surface area (TPSA) is 9.23 Å². The van der Waals surface area contributed by atoms with E-state index in [1.807, 2.05) is 11.8 Å². The Morgan fingerprint density at radius 2 is 1.00 bits per heavy atom. The Labute approximate surface area is 243 Å². The number of benzene rings is 5. The van der Waals surface area contributed by atoms with E-state index in [9.17, 15) is 0 Å². The third kappa shape index (κ3) is 3.96. The lowest BCUT2D eigenvalue weighted by Crippen LogP contribution is -2.61. The molecule has 0 amide bonds. The average molecular weight is 534 g/mol. The smallest absolute Gasteiger partial charge is 0.251 e. The standard InChI is InChI=1S/C36H32B2OS/c1-21-15-23(3)35(24(4)16-21)37-27-11-7-9-13-31(27)39-32-20-34-30(19-29(32)37)38(28-12-8-10-14-33(28)40-34)36-25(5)17-22(2)18-26(36)6/h7-20H,1-6H3. The summed E-state index contributed by atoms with van der Waals surface area (Å²) in [5.41, 5.74) is 16.1. The van der Waals surface area contributed by atoms with Gasteiger partial charge in [0.2, 0.25) is 6.71 Å². The van der Waals surface area contributed by atoms with Gasteiger partial charge in [0.15, 0.2) is 0 Å². The van der Waals surface area contributed by atoms with Gasteiger partial charge in [0.1, 0.15) is 11.5 Å². The molecule has 2 aliphatic rings. The summed E-state index contributed by atoms with van der Waals surface area (Å²) >= 11 is 1.88. The largest absolute Gasteiger partial charge is 0.458 e. The van der Waals surface area contributed by atoms with E-state index in [4.69, 9.17) is 4.74 Å². The first-order chi connectivity index (χ1) is 19.3. The van der Waals surface area contributed by atoms with Gasteiger partial charge in [0.05, 0.1) is 0 Å². The first-order valence-corrected chi connectivity index (χ1v) is 15.0. The van der Waals surface area contributed by atoms with Crippen molar-refractivity contribution in [2.45, 2.75) is 51.3 Å². The van der Waals surface area contributed by atoms with E-state index in [0.29, 0.717) is 0 Å². The van der Waals surface area contributed by atoms with E-state index in [-0.39, 0.29) is 13.4 Å². The maximum atomic E-state index is 6.68. The van der Waals surface area contributed by atoms with Crippen LogP contribution >= 0.6 is 11.8 Å². The highest BCUT2D eigenvalue weighted by molar-refractivity contribution is 8.00. The van der Waals surface area contributed by atoms with Gasteiger partial charge in [-0.2, -0.15) is 0 Å². The van der Waals surface area contributed by atoms with Crippen molar-refractivity contribution in [3.63, 3.8) is 0 Å². The lowest BCUT2D eigenvalue weighted by Gasteiger charge is -2.33. The van der Waals surface area contributed by atoms with Crippen molar-refractivity contribution >= 4 is 58.0 Å². The Balaban J connectivity index is 1.52. The highest BCUT2D eigenvalue weighted by Gasteiger charge is 2.39. The molecule has 0 saturated carbocycles. The predicted octanol–water partition coefficient (Wildman–Crippen LogP) is 5.14. The second-order valence-electron chi connectivity index (χ2n) is 11.7. The number of hydrogen-bond acceptors (Lipinski definition) is 2. The van der Waals surface area contributed by atoms with Gasteiger partial charge in [-0.3, -0.25) is 0 Å². The number of ether oxygens (including phenoxy) is 1. The molecule has 2 aliphatic heterocycles. The van der Waals surface area contributed by atoms with Gasteiger partial charge >= 0.3 is 0 Å². The maximum absolute atomic E-state index is 6.68. The number of fused-ring (bicyclic) bond motifs is 4. The summed E-state index contributed by atoms with van der Waals surface area (Å²) in [5, 5.41) is 0. The summed E-state index contributed by atoms with van der Waals surface area (Å²) in [6.45, 7) is 13.8. The van der Waals surface area contributed by atoms with Gasteiger partial charge in [0, 0.05) is 9.79 Å². The number of hydrogen-bond donors (Lipinski definition) is 0. The summed E-state index contributed by atoms with van der Waals surface area (Å²) in [4.78, 5) is 2.62. The molecule has 0 aliphatic carbocycles. The summed E-state index contributed by atoms with van der Waals surface area (Å²) < 4.78 is 6.68. The van der Waals surface area contributed by atoms with E-state index in [1.54, 1.807) is 0 Å². The molecule has 194 valence electrons. The molecule has 0 radical (unpaired) electrons. The third-order valence-electron chi connectivity index (χ3n) is 8.72. The van der Waals surface area contributed by atoms with Crippen molar-refractivity contribution in [2.24, 2.45) is 0 Å². The zero-order chi connectivity index (χ0) is 27.7. The number of aryl methyl sites for hydroxylation is 6. The number of rotatable bonds is 2. The molecule has 0 N–H and O–H groups in total. The molecule has 1 nitrogen and oxygen atoms in total. The van der Waals surface area contributed by atoms with Crippen LogP contribution in [0.3, 0.4) is 0 Å². The fraction of sp³-hybridized carbons (Fsp3) is 0.167. The second kappa shape index (κ2) is 9.49. The van der Waals surface area contributed by atoms with E-state index < -0.39 is 0 Å². The molecule has 2 heterocycles. The van der Waals surface area contributed by atoms with Crippen LogP contribution in [0.1, 0.15) is 33.4 Å². The Morgan fingerprint density at radius 3 is 1.62 bits per heavy atom. The fourth-order valence-electron chi connectivity index (χ4n) is 7.33. The molecule has 40 heavy (non-hydrogen) atoms. The van der Waals surface area contributed by atoms with Crippen LogP contribution < -0.4 is 37.5 Å². The molecule has 0 atom stereocenters. The molecule has 5 aromatic rings. The molecule has 7 rings (SSSR count). The van der Waals surface area contributed by atoms with Gasteiger partial charge < -0.3 is 4.74 Å². The summed E-state index contributed by atoms with van der Waals surface area (Å²) in [5.74, 6) is 1.94. The van der Waals surface area contributed by atoms with E-state index in [1.165, 1.54) is 75.9 Å². The summed E-state index contributed by atoms with van der Waals surface area (Å²) in [6, 6.07) is 31.7. The molecule has 4 heteroatoms. The molecule has 0 fully saturated rings. The fourth-order valence-corrected chi connectivity index (χ4v) is 8.48. The Bertz CT molecular complexity index is 1660. The van der Waals surface area contributed by atoms with Crippen LogP contribution in [0.25, 0.3) is 0 Å². The highest BCUT2D eigenvalue weighted by Crippen LogP contribution is 2.34. The van der Waals surface area contributed by atoms with Crippen molar-refractivity contribution in [1.29, 1.82) is 0 Å². The molecule has 0 bridgehead atoms. The zero-order valence-corrected chi connectivity index (χ0v) is 24.9. The van der Waals surface area contributed by atoms with Crippen LogP contribution in [0.4, 0.5) is 0 Å². The minimum Gasteiger partial charge on any atom is -0.458 e. The van der Waals surface area contributed by atoms with Crippen LogP contribution in [0.15, 0.2) is 94.7 Å². The van der Waals surface area contributed by atoms with Crippen LogP contribution in [0.5, 0.6) is 11.5 Å². The first kappa shape index (κ1) is 25.4. The molecular weight excluding hydrogens is 502 g/mol. The van der Waals surface area contributed by atoms with Crippen LogP contribution in [0.2, 0.25) is 0 Å². The monoisotopic (exact) mass is 534 g/mol. The highest BCUT2D eigenvalue weighted by atomic mass is 32.2. The lowest BCUT2D eigenvalue weighted by molar-refractivity contribution is 0.486. The van der Waals surface area contributed by atoms with E-state index >= 15 is 0 Å². The van der Waals surface area contributed by atoms with Gasteiger partial charge in [0.25, 0.3) is 6.71 Å². The average Bonchev–Trinajstić information content (AvgIpc) is 2.90. The Kier molecular flexibility index (Phi) is 6.02. The lowest BCUT2D eigenvalue weighted by atomic mass is 9.31. The SMILES string of the molecule is Cc1cc(C)c(B2c3ccccc3Oc3cc4c(cc32)B(c2c(C)cc(C)cc2C)c2ccccc2S4)c(C)c1. The van der Waals surface area contributed by atoms with Crippen molar-refractivity contribution in [1.82, 2.24) is 0 Å². The number of para-hydroxylation sites is 1. The Morgan fingerprint density at radius 1 is 0.475 bits per heavy atom. The predicted molar refractivity (Wildman–Crippen MR) is 174 cm³/mol. The molecule has 0 unspecified atom stereocenters. The zero-order valence-electron chi connectivity index (χ0n) is 24.1. The third-order valence-corrected chi connectivity index (χ3v) is 9.88. The molecule has 0 aromatic heterocycles. The molecule has 0 spiro atoms. The van der Waals surface area contributed by atoms with Crippen molar-refractivity contribution in [3.05, 3.63) is 118 Å². The molecular formula is C36H32B2OS. The van der Waals surface area contributed by atoms with E-state index in [0.717, 1.165) is 11.5 Å². The minimum atomic E-state index is 0.119. The van der Waals surface area contributed by atoms with Gasteiger partial charge in [-0.05, 0) is 70.7 Å². The van der Waals surface area contributed by atoms with Crippen molar-refractivity contribution in [2.75, 3.05) is 0 Å². The normalized spacial score (nSPS) is 13.2. The summed E-state index contributed by atoms with van der Waals surface area (Å²) in [6.07, 6.45) is 0. The quantitative estimate of drug-likeness (QED) is 0.284. The van der Waals surface area contributed by atoms with E-state index in [2.05, 4.69) is 126 Å².